The summed E-state index contributed by atoms with van der Waals surface area (Å²) in [5, 5.41) is 0. The molecule has 1 N–H and O–H groups in total. The van der Waals surface area contributed by atoms with E-state index >= 15 is 0 Å². The lowest BCUT2D eigenvalue weighted by atomic mass is 10.1. The normalized spacial score (nSPS) is 11.8. The Bertz CT molecular complexity index is 976. The van der Waals surface area contributed by atoms with Crippen LogP contribution >= 0.6 is 0 Å². The minimum atomic E-state index is -3.62. The van der Waals surface area contributed by atoms with Crippen molar-refractivity contribution in [3.63, 3.8) is 0 Å². The van der Waals surface area contributed by atoms with Gasteiger partial charge in [0.05, 0.1) is 10.6 Å². The van der Waals surface area contributed by atoms with E-state index in [1.54, 1.807) is 30.5 Å². The third-order valence-corrected chi connectivity index (χ3v) is 6.00. The van der Waals surface area contributed by atoms with E-state index in [2.05, 4.69) is 16.6 Å². The minimum Gasteiger partial charge on any atom is -0.302 e. The van der Waals surface area contributed by atoms with Crippen LogP contribution in [0.25, 0.3) is 5.65 Å². The van der Waals surface area contributed by atoms with E-state index in [4.69, 9.17) is 0 Å². The number of hydrogen-bond donors (Lipinski definition) is 1. The number of sulfonamides is 1. The van der Waals surface area contributed by atoms with E-state index in [0.29, 0.717) is 5.69 Å². The quantitative estimate of drug-likeness (QED) is 0.590. The second-order valence-corrected chi connectivity index (χ2v) is 8.23. The predicted molar refractivity (Wildman–Crippen MR) is 105 cm³/mol. The number of nitrogens with one attached hydrogen (secondary N) is 1. The van der Waals surface area contributed by atoms with Crippen LogP contribution in [0, 0.1) is 6.92 Å². The number of fused-ring (bicyclic) bond motifs is 1. The summed E-state index contributed by atoms with van der Waals surface area (Å²) in [4.78, 5) is 4.48. The van der Waals surface area contributed by atoms with Crippen molar-refractivity contribution in [3.8, 4) is 0 Å². The molecule has 2 heterocycles. The molecule has 0 saturated heterocycles. The van der Waals surface area contributed by atoms with Crippen LogP contribution in [0.15, 0.2) is 53.7 Å². The smallest absolute Gasteiger partial charge is 0.261 e. The van der Waals surface area contributed by atoms with E-state index < -0.39 is 10.0 Å². The number of imidazole rings is 1. The van der Waals surface area contributed by atoms with E-state index in [0.717, 1.165) is 24.2 Å². The average molecular weight is 372 g/mol. The SMILES string of the molecule is CCCCCCc1ccc(S(=O)(=O)Nc2ccc3nccn3c2C)cc1. The highest BCUT2D eigenvalue weighted by Gasteiger charge is 2.16. The molecule has 0 amide bonds. The van der Waals surface area contributed by atoms with Crippen molar-refractivity contribution in [3.05, 3.63) is 60.0 Å². The Kier molecular flexibility index (Phi) is 5.61. The molecule has 2 aromatic heterocycles. The molecule has 26 heavy (non-hydrogen) atoms. The van der Waals surface area contributed by atoms with Gasteiger partial charge < -0.3 is 4.40 Å². The lowest BCUT2D eigenvalue weighted by Gasteiger charge is -2.12. The van der Waals surface area contributed by atoms with Crippen molar-refractivity contribution in [1.29, 1.82) is 0 Å². The number of aromatic nitrogens is 2. The molecule has 6 heteroatoms. The molecule has 138 valence electrons. The molecule has 3 aromatic rings. The third kappa shape index (κ3) is 4.07. The molecular formula is C20H25N3O2S. The number of benzene rings is 1. The van der Waals surface area contributed by atoms with E-state index in [1.165, 1.54) is 24.8 Å². The Morgan fingerprint density at radius 3 is 2.54 bits per heavy atom. The molecule has 3 rings (SSSR count). The molecule has 0 unspecified atom stereocenters. The molecule has 0 saturated carbocycles. The maximum Gasteiger partial charge on any atom is 0.261 e. The fourth-order valence-electron chi connectivity index (χ4n) is 3.03. The molecule has 0 aliphatic rings. The summed E-state index contributed by atoms with van der Waals surface area (Å²) in [6.07, 6.45) is 9.32. The van der Waals surface area contributed by atoms with Crippen LogP contribution in [-0.2, 0) is 16.4 Å². The zero-order valence-corrected chi connectivity index (χ0v) is 16.1. The summed E-state index contributed by atoms with van der Waals surface area (Å²) in [5.74, 6) is 0. The van der Waals surface area contributed by atoms with Crippen molar-refractivity contribution in [2.24, 2.45) is 0 Å². The van der Waals surface area contributed by atoms with Gasteiger partial charge in [0.25, 0.3) is 10.0 Å². The van der Waals surface area contributed by atoms with Crippen LogP contribution in [0.5, 0.6) is 0 Å². The minimum absolute atomic E-state index is 0.278. The lowest BCUT2D eigenvalue weighted by molar-refractivity contribution is 0.601. The van der Waals surface area contributed by atoms with Gasteiger partial charge in [0.1, 0.15) is 5.65 Å². The van der Waals surface area contributed by atoms with Crippen molar-refractivity contribution < 1.29 is 8.42 Å². The second kappa shape index (κ2) is 7.91. The van der Waals surface area contributed by atoms with Gasteiger partial charge in [-0.15, -0.1) is 0 Å². The molecule has 0 atom stereocenters. The molecule has 0 fully saturated rings. The third-order valence-electron chi connectivity index (χ3n) is 4.62. The van der Waals surface area contributed by atoms with Crippen LogP contribution in [-0.4, -0.2) is 17.8 Å². The molecule has 0 spiro atoms. The van der Waals surface area contributed by atoms with Gasteiger partial charge in [0.2, 0.25) is 0 Å². The topological polar surface area (TPSA) is 63.5 Å². The highest BCUT2D eigenvalue weighted by atomic mass is 32.2. The number of aryl methyl sites for hydroxylation is 2. The van der Waals surface area contributed by atoms with Crippen molar-refractivity contribution >= 4 is 21.4 Å². The Labute approximate surface area is 155 Å². The number of pyridine rings is 1. The zero-order valence-electron chi connectivity index (χ0n) is 15.3. The maximum atomic E-state index is 12.7. The highest BCUT2D eigenvalue weighted by Crippen LogP contribution is 2.21. The predicted octanol–water partition coefficient (Wildman–Crippen LogP) is 4.57. The van der Waals surface area contributed by atoms with E-state index in [1.807, 2.05) is 29.7 Å². The van der Waals surface area contributed by atoms with Crippen LogP contribution in [0.1, 0.15) is 43.9 Å². The number of anilines is 1. The summed E-state index contributed by atoms with van der Waals surface area (Å²) >= 11 is 0. The summed E-state index contributed by atoms with van der Waals surface area (Å²) in [6.45, 7) is 4.06. The number of hydrogen-bond acceptors (Lipinski definition) is 3. The van der Waals surface area contributed by atoms with E-state index in [-0.39, 0.29) is 4.90 Å². The van der Waals surface area contributed by atoms with Gasteiger partial charge in [0.15, 0.2) is 0 Å². The van der Waals surface area contributed by atoms with Crippen molar-refractivity contribution in [2.75, 3.05) is 4.72 Å². The number of unbranched alkanes of at least 4 members (excludes halogenated alkanes) is 3. The van der Waals surface area contributed by atoms with Gasteiger partial charge in [0, 0.05) is 18.1 Å². The maximum absolute atomic E-state index is 12.7. The second-order valence-electron chi connectivity index (χ2n) is 6.55. The first-order valence-corrected chi connectivity index (χ1v) is 10.5. The number of nitrogens with zero attached hydrogens (tertiary/aromatic N) is 2. The summed E-state index contributed by atoms with van der Waals surface area (Å²) < 4.78 is 30.0. The molecule has 1 aromatic carbocycles. The monoisotopic (exact) mass is 371 g/mol. The Balaban J connectivity index is 1.74. The first-order valence-electron chi connectivity index (χ1n) is 9.05. The fourth-order valence-corrected chi connectivity index (χ4v) is 4.15. The van der Waals surface area contributed by atoms with E-state index in [9.17, 15) is 8.42 Å². The highest BCUT2D eigenvalue weighted by molar-refractivity contribution is 7.92. The van der Waals surface area contributed by atoms with Gasteiger partial charge in [-0.1, -0.05) is 38.3 Å². The summed E-state index contributed by atoms with van der Waals surface area (Å²) in [7, 11) is -3.62. The molecule has 0 aliphatic heterocycles. The molecular weight excluding hydrogens is 346 g/mol. The van der Waals surface area contributed by atoms with Crippen LogP contribution < -0.4 is 4.72 Å². The van der Waals surface area contributed by atoms with Gasteiger partial charge in [-0.3, -0.25) is 4.72 Å². The summed E-state index contributed by atoms with van der Waals surface area (Å²) in [5.41, 5.74) is 3.32. The number of rotatable bonds is 8. The van der Waals surface area contributed by atoms with Crippen LogP contribution in [0.4, 0.5) is 5.69 Å². The fraction of sp³-hybridized carbons (Fsp3) is 0.350. The average Bonchev–Trinajstić information content (AvgIpc) is 3.11. The van der Waals surface area contributed by atoms with Crippen molar-refractivity contribution in [1.82, 2.24) is 9.38 Å². The van der Waals surface area contributed by atoms with Crippen LogP contribution in [0.2, 0.25) is 0 Å². The molecule has 0 aliphatic carbocycles. The van der Waals surface area contributed by atoms with Gasteiger partial charge >= 0.3 is 0 Å². The van der Waals surface area contributed by atoms with Crippen LogP contribution in [0.3, 0.4) is 0 Å². The molecule has 5 nitrogen and oxygen atoms in total. The zero-order chi connectivity index (χ0) is 18.6. The Hall–Kier alpha value is -2.34. The standard InChI is InChI=1S/C20H25N3O2S/c1-3-4-5-6-7-17-8-10-18(11-9-17)26(24,25)22-19-12-13-20-21-14-15-23(20)16(19)2/h8-15,22H,3-7H2,1-2H3. The Morgan fingerprint density at radius 1 is 1.04 bits per heavy atom. The largest absolute Gasteiger partial charge is 0.302 e. The Morgan fingerprint density at radius 2 is 1.81 bits per heavy atom. The first kappa shape index (κ1) is 18.5. The first-order chi connectivity index (χ1) is 12.5. The lowest BCUT2D eigenvalue weighted by Crippen LogP contribution is -2.14. The van der Waals surface area contributed by atoms with Crippen molar-refractivity contribution in [2.45, 2.75) is 50.8 Å². The van der Waals surface area contributed by atoms with Gasteiger partial charge in [-0.05, 0) is 49.6 Å². The summed E-state index contributed by atoms with van der Waals surface area (Å²) in [6, 6.07) is 10.7. The molecule has 0 radical (unpaired) electrons. The van der Waals surface area contributed by atoms with Gasteiger partial charge in [-0.2, -0.15) is 0 Å². The van der Waals surface area contributed by atoms with Gasteiger partial charge in [-0.25, -0.2) is 13.4 Å². The molecule has 0 bridgehead atoms.